The van der Waals surface area contributed by atoms with Crippen molar-refractivity contribution in [1.29, 1.82) is 0 Å². The molecule has 1 atom stereocenters. The van der Waals surface area contributed by atoms with Gasteiger partial charge in [-0.15, -0.1) is 11.3 Å². The van der Waals surface area contributed by atoms with Gasteiger partial charge in [-0.1, -0.05) is 12.1 Å². The fraction of sp³-hybridized carbons (Fsp3) is 0.214. The van der Waals surface area contributed by atoms with Crippen molar-refractivity contribution in [1.82, 2.24) is 0 Å². The van der Waals surface area contributed by atoms with Crippen LogP contribution in [0.25, 0.3) is 0 Å². The van der Waals surface area contributed by atoms with Crippen LogP contribution in [0.1, 0.15) is 17.8 Å². The minimum absolute atomic E-state index is 0.226. The molecule has 4 nitrogen and oxygen atoms in total. The number of anilines is 1. The van der Waals surface area contributed by atoms with Gasteiger partial charge in [0.1, 0.15) is 11.8 Å². The van der Waals surface area contributed by atoms with Crippen LogP contribution in [0.3, 0.4) is 0 Å². The van der Waals surface area contributed by atoms with E-state index in [4.69, 9.17) is 10.5 Å². The summed E-state index contributed by atoms with van der Waals surface area (Å²) in [6.45, 7) is 2.50. The molecular formula is C14H16N2O2S. The zero-order valence-electron chi connectivity index (χ0n) is 10.6. The van der Waals surface area contributed by atoms with Gasteiger partial charge in [-0.05, 0) is 30.5 Å². The van der Waals surface area contributed by atoms with E-state index in [0.29, 0.717) is 12.3 Å². The van der Waals surface area contributed by atoms with E-state index >= 15 is 0 Å². The first-order chi connectivity index (χ1) is 9.20. The smallest absolute Gasteiger partial charge is 0.246 e. The van der Waals surface area contributed by atoms with E-state index < -0.39 is 6.04 Å². The van der Waals surface area contributed by atoms with Crippen molar-refractivity contribution >= 4 is 22.9 Å². The molecule has 0 saturated heterocycles. The summed E-state index contributed by atoms with van der Waals surface area (Å²) in [7, 11) is 0. The Morgan fingerprint density at radius 3 is 2.95 bits per heavy atom. The monoisotopic (exact) mass is 276 g/mol. The Hall–Kier alpha value is -1.85. The Morgan fingerprint density at radius 1 is 1.42 bits per heavy atom. The fourth-order valence-electron chi connectivity index (χ4n) is 1.65. The van der Waals surface area contributed by atoms with E-state index in [1.165, 1.54) is 11.3 Å². The molecule has 1 unspecified atom stereocenters. The van der Waals surface area contributed by atoms with Gasteiger partial charge < -0.3 is 15.8 Å². The quantitative estimate of drug-likeness (QED) is 0.882. The number of hydrogen-bond donors (Lipinski definition) is 2. The molecule has 100 valence electrons. The Bertz CT molecular complexity index is 540. The van der Waals surface area contributed by atoms with Gasteiger partial charge in [-0.2, -0.15) is 0 Å². The minimum Gasteiger partial charge on any atom is -0.494 e. The van der Waals surface area contributed by atoms with Crippen LogP contribution in [0.5, 0.6) is 5.75 Å². The standard InChI is InChI=1S/C14H16N2O2S/c1-2-18-11-6-3-5-10(9-11)16-14(17)13(15)12-7-4-8-19-12/h3-9,13H,2,15H2,1H3,(H,16,17). The van der Waals surface area contributed by atoms with Crippen LogP contribution in [-0.2, 0) is 4.79 Å². The van der Waals surface area contributed by atoms with Crippen molar-refractivity contribution in [3.63, 3.8) is 0 Å². The first-order valence-electron chi connectivity index (χ1n) is 6.03. The second-order valence-electron chi connectivity index (χ2n) is 3.94. The number of thiophene rings is 1. The molecule has 2 rings (SSSR count). The lowest BCUT2D eigenvalue weighted by Gasteiger charge is -2.11. The lowest BCUT2D eigenvalue weighted by molar-refractivity contribution is -0.117. The average Bonchev–Trinajstić information content (AvgIpc) is 2.92. The molecule has 0 saturated carbocycles. The number of carbonyl (C=O) groups is 1. The number of amides is 1. The Balaban J connectivity index is 2.04. The Labute approximate surface area is 116 Å². The van der Waals surface area contributed by atoms with Crippen LogP contribution in [0.4, 0.5) is 5.69 Å². The molecule has 1 heterocycles. The maximum Gasteiger partial charge on any atom is 0.246 e. The van der Waals surface area contributed by atoms with Crippen LogP contribution < -0.4 is 15.8 Å². The van der Waals surface area contributed by atoms with E-state index in [0.717, 1.165) is 10.6 Å². The maximum absolute atomic E-state index is 12.0. The maximum atomic E-state index is 12.0. The molecule has 0 aliphatic heterocycles. The van der Waals surface area contributed by atoms with Gasteiger partial charge in [0.2, 0.25) is 5.91 Å². The van der Waals surface area contributed by atoms with Gasteiger partial charge in [0.25, 0.3) is 0 Å². The predicted octanol–water partition coefficient (Wildman–Crippen LogP) is 2.79. The third kappa shape index (κ3) is 3.56. The van der Waals surface area contributed by atoms with Crippen molar-refractivity contribution in [2.75, 3.05) is 11.9 Å². The molecule has 0 aliphatic carbocycles. The lowest BCUT2D eigenvalue weighted by atomic mass is 10.2. The first-order valence-corrected chi connectivity index (χ1v) is 6.91. The van der Waals surface area contributed by atoms with Crippen molar-refractivity contribution < 1.29 is 9.53 Å². The van der Waals surface area contributed by atoms with Gasteiger partial charge in [-0.3, -0.25) is 4.79 Å². The summed E-state index contributed by atoms with van der Waals surface area (Å²) >= 11 is 1.47. The van der Waals surface area contributed by atoms with Crippen LogP contribution in [0, 0.1) is 0 Å². The molecule has 3 N–H and O–H groups in total. The summed E-state index contributed by atoms with van der Waals surface area (Å²) < 4.78 is 5.38. The topological polar surface area (TPSA) is 64.3 Å². The molecule has 0 aliphatic rings. The zero-order valence-corrected chi connectivity index (χ0v) is 11.4. The molecule has 1 aromatic heterocycles. The highest BCUT2D eigenvalue weighted by Gasteiger charge is 2.16. The molecule has 19 heavy (non-hydrogen) atoms. The molecule has 0 spiro atoms. The van der Waals surface area contributed by atoms with Crippen molar-refractivity contribution in [3.05, 3.63) is 46.7 Å². The van der Waals surface area contributed by atoms with Gasteiger partial charge in [0.05, 0.1) is 6.61 Å². The van der Waals surface area contributed by atoms with Crippen molar-refractivity contribution in [2.24, 2.45) is 5.73 Å². The number of carbonyl (C=O) groups excluding carboxylic acids is 1. The predicted molar refractivity (Wildman–Crippen MR) is 77.5 cm³/mol. The van der Waals surface area contributed by atoms with E-state index in [2.05, 4.69) is 5.32 Å². The Kier molecular flexibility index (Phi) is 4.54. The molecule has 0 radical (unpaired) electrons. The number of nitrogens with two attached hydrogens (primary N) is 1. The highest BCUT2D eigenvalue weighted by atomic mass is 32.1. The van der Waals surface area contributed by atoms with Crippen LogP contribution in [-0.4, -0.2) is 12.5 Å². The van der Waals surface area contributed by atoms with E-state index in [9.17, 15) is 4.79 Å². The molecule has 1 amide bonds. The SMILES string of the molecule is CCOc1cccc(NC(=O)C(N)c2cccs2)c1. The Morgan fingerprint density at radius 2 is 2.26 bits per heavy atom. The number of ether oxygens (including phenoxy) is 1. The van der Waals surface area contributed by atoms with Gasteiger partial charge in [-0.25, -0.2) is 0 Å². The molecule has 0 fully saturated rings. The summed E-state index contributed by atoms with van der Waals surface area (Å²) in [6.07, 6.45) is 0. The number of rotatable bonds is 5. The highest BCUT2D eigenvalue weighted by Crippen LogP contribution is 2.21. The van der Waals surface area contributed by atoms with Gasteiger partial charge >= 0.3 is 0 Å². The fourth-order valence-corrected chi connectivity index (χ4v) is 2.37. The van der Waals surface area contributed by atoms with Gasteiger partial charge in [0, 0.05) is 16.6 Å². The van der Waals surface area contributed by atoms with Crippen molar-refractivity contribution in [2.45, 2.75) is 13.0 Å². The summed E-state index contributed by atoms with van der Waals surface area (Å²) in [4.78, 5) is 12.9. The van der Waals surface area contributed by atoms with Crippen LogP contribution in [0.15, 0.2) is 41.8 Å². The number of hydrogen-bond acceptors (Lipinski definition) is 4. The summed E-state index contributed by atoms with van der Waals surface area (Å²) in [6, 6.07) is 10.4. The van der Waals surface area contributed by atoms with Crippen LogP contribution >= 0.6 is 11.3 Å². The van der Waals surface area contributed by atoms with E-state index in [1.54, 1.807) is 6.07 Å². The first kappa shape index (κ1) is 13.6. The average molecular weight is 276 g/mol. The summed E-state index contributed by atoms with van der Waals surface area (Å²) in [5, 5.41) is 4.69. The number of nitrogens with one attached hydrogen (secondary N) is 1. The molecular weight excluding hydrogens is 260 g/mol. The van der Waals surface area contributed by atoms with E-state index in [-0.39, 0.29) is 5.91 Å². The third-order valence-corrected chi connectivity index (χ3v) is 3.50. The largest absolute Gasteiger partial charge is 0.494 e. The molecule has 1 aromatic carbocycles. The zero-order chi connectivity index (χ0) is 13.7. The normalized spacial score (nSPS) is 11.9. The number of benzene rings is 1. The lowest BCUT2D eigenvalue weighted by Crippen LogP contribution is -2.26. The molecule has 5 heteroatoms. The molecule has 0 bridgehead atoms. The highest BCUT2D eigenvalue weighted by molar-refractivity contribution is 7.10. The second kappa shape index (κ2) is 6.36. The second-order valence-corrected chi connectivity index (χ2v) is 4.92. The third-order valence-electron chi connectivity index (χ3n) is 2.54. The van der Waals surface area contributed by atoms with Crippen LogP contribution in [0.2, 0.25) is 0 Å². The minimum atomic E-state index is -0.643. The van der Waals surface area contributed by atoms with Crippen molar-refractivity contribution in [3.8, 4) is 5.75 Å². The molecule has 2 aromatic rings. The summed E-state index contributed by atoms with van der Waals surface area (Å²) in [5.74, 6) is 0.501. The summed E-state index contributed by atoms with van der Waals surface area (Å²) in [5.41, 5.74) is 6.58. The van der Waals surface area contributed by atoms with Gasteiger partial charge in [0.15, 0.2) is 0 Å². The van der Waals surface area contributed by atoms with E-state index in [1.807, 2.05) is 42.6 Å².